The van der Waals surface area contributed by atoms with E-state index in [-0.39, 0.29) is 9.92 Å². The quantitative estimate of drug-likeness (QED) is 0.747. The Morgan fingerprint density at radius 2 is 2.23 bits per heavy atom. The molecular formula is C13H16ClN5O2S. The van der Waals surface area contributed by atoms with Crippen molar-refractivity contribution < 1.29 is 8.42 Å². The number of hydrogen-bond acceptors (Lipinski definition) is 5. The first-order valence-corrected chi connectivity index (χ1v) is 8.38. The average molecular weight is 342 g/mol. The van der Waals surface area contributed by atoms with Gasteiger partial charge < -0.3 is 5.32 Å². The standard InChI is InChI=1S/C13H16ClN5O2S/c1-2-3-6-19-9-11(17-18-19)8-16-10-4-5-13(12(14)7-10)22(15,20)21/h2,4-5,7,9,16H,1,3,6,8H2,(H2,15,20,21). The second kappa shape index (κ2) is 6.91. The molecule has 118 valence electrons. The van der Waals surface area contributed by atoms with Crippen molar-refractivity contribution in [3.8, 4) is 0 Å². The first-order chi connectivity index (χ1) is 10.4. The van der Waals surface area contributed by atoms with E-state index in [1.54, 1.807) is 10.7 Å². The summed E-state index contributed by atoms with van der Waals surface area (Å²) in [5.41, 5.74) is 1.42. The highest BCUT2D eigenvalue weighted by Crippen LogP contribution is 2.24. The molecular weight excluding hydrogens is 326 g/mol. The molecule has 0 aliphatic heterocycles. The van der Waals surface area contributed by atoms with E-state index in [1.165, 1.54) is 12.1 Å². The first kappa shape index (κ1) is 16.5. The van der Waals surface area contributed by atoms with Crippen LogP contribution in [0.15, 0.2) is 41.9 Å². The predicted molar refractivity (Wildman–Crippen MR) is 85.0 cm³/mol. The van der Waals surface area contributed by atoms with E-state index in [0.29, 0.717) is 12.2 Å². The van der Waals surface area contributed by atoms with E-state index in [4.69, 9.17) is 16.7 Å². The minimum absolute atomic E-state index is 0.0714. The highest BCUT2D eigenvalue weighted by atomic mass is 35.5. The molecule has 0 fully saturated rings. The summed E-state index contributed by atoms with van der Waals surface area (Å²) in [6.45, 7) is 4.82. The fraction of sp³-hybridized carbons (Fsp3) is 0.231. The zero-order chi connectivity index (χ0) is 16.2. The molecule has 0 saturated carbocycles. The van der Waals surface area contributed by atoms with Gasteiger partial charge in [-0.1, -0.05) is 22.9 Å². The summed E-state index contributed by atoms with van der Waals surface area (Å²) in [6, 6.07) is 4.46. The SMILES string of the molecule is C=CCCn1cc(CNc2ccc(S(N)(=O)=O)c(Cl)c2)nn1. The summed E-state index contributed by atoms with van der Waals surface area (Å²) in [7, 11) is -3.82. The predicted octanol–water partition coefficient (Wildman–Crippen LogP) is 1.77. The van der Waals surface area contributed by atoms with Crippen molar-refractivity contribution in [3.63, 3.8) is 0 Å². The van der Waals surface area contributed by atoms with Crippen molar-refractivity contribution >= 4 is 27.3 Å². The molecule has 1 aromatic carbocycles. The minimum atomic E-state index is -3.82. The molecule has 7 nitrogen and oxygen atoms in total. The molecule has 22 heavy (non-hydrogen) atoms. The summed E-state index contributed by atoms with van der Waals surface area (Å²) in [5, 5.41) is 16.2. The average Bonchev–Trinajstić information content (AvgIpc) is 2.89. The van der Waals surface area contributed by atoms with Crippen molar-refractivity contribution in [2.24, 2.45) is 5.14 Å². The number of sulfonamides is 1. The lowest BCUT2D eigenvalue weighted by Crippen LogP contribution is -2.12. The lowest BCUT2D eigenvalue weighted by atomic mass is 10.3. The second-order valence-electron chi connectivity index (χ2n) is 4.59. The normalized spacial score (nSPS) is 11.4. The maximum Gasteiger partial charge on any atom is 0.239 e. The van der Waals surface area contributed by atoms with Crippen molar-refractivity contribution in [3.05, 3.63) is 47.8 Å². The van der Waals surface area contributed by atoms with Crippen LogP contribution in [0.3, 0.4) is 0 Å². The van der Waals surface area contributed by atoms with Crippen molar-refractivity contribution in [1.29, 1.82) is 0 Å². The van der Waals surface area contributed by atoms with E-state index in [9.17, 15) is 8.42 Å². The number of nitrogens with zero attached hydrogens (tertiary/aromatic N) is 3. The number of primary sulfonamides is 1. The molecule has 9 heteroatoms. The van der Waals surface area contributed by atoms with E-state index in [1.807, 2.05) is 12.3 Å². The molecule has 0 radical (unpaired) electrons. The lowest BCUT2D eigenvalue weighted by Gasteiger charge is -2.07. The monoisotopic (exact) mass is 341 g/mol. The Bertz CT molecular complexity index is 772. The highest BCUT2D eigenvalue weighted by molar-refractivity contribution is 7.89. The van der Waals surface area contributed by atoms with Gasteiger partial charge in [0.15, 0.2) is 0 Å². The summed E-state index contributed by atoms with van der Waals surface area (Å²) in [5.74, 6) is 0. The van der Waals surface area contributed by atoms with Gasteiger partial charge in [-0.25, -0.2) is 13.6 Å². The molecule has 0 amide bonds. The lowest BCUT2D eigenvalue weighted by molar-refractivity contribution is 0.597. The van der Waals surface area contributed by atoms with Crippen LogP contribution in [0.5, 0.6) is 0 Å². The van der Waals surface area contributed by atoms with Gasteiger partial charge in [-0.2, -0.15) is 0 Å². The molecule has 1 aromatic heterocycles. The molecule has 1 heterocycles. The minimum Gasteiger partial charge on any atom is -0.379 e. The Hall–Kier alpha value is -1.90. The number of hydrogen-bond donors (Lipinski definition) is 2. The fourth-order valence-corrected chi connectivity index (χ4v) is 2.88. The third kappa shape index (κ3) is 4.30. The Labute approximate surface area is 133 Å². The van der Waals surface area contributed by atoms with Gasteiger partial charge in [-0.3, -0.25) is 4.68 Å². The number of anilines is 1. The fourth-order valence-electron chi connectivity index (χ4n) is 1.79. The molecule has 0 bridgehead atoms. The van der Waals surface area contributed by atoms with Gasteiger partial charge in [0.25, 0.3) is 0 Å². The van der Waals surface area contributed by atoms with Gasteiger partial charge in [-0.05, 0) is 24.6 Å². The van der Waals surface area contributed by atoms with E-state index >= 15 is 0 Å². The molecule has 2 aromatic rings. The zero-order valence-corrected chi connectivity index (χ0v) is 13.3. The zero-order valence-electron chi connectivity index (χ0n) is 11.7. The van der Waals surface area contributed by atoms with Gasteiger partial charge in [-0.15, -0.1) is 11.7 Å². The Balaban J connectivity index is 2.01. The van der Waals surface area contributed by atoms with Gasteiger partial charge in [0.05, 0.1) is 17.8 Å². The van der Waals surface area contributed by atoms with Crippen molar-refractivity contribution in [1.82, 2.24) is 15.0 Å². The number of nitrogens with one attached hydrogen (secondary N) is 1. The van der Waals surface area contributed by atoms with Crippen LogP contribution in [-0.4, -0.2) is 23.4 Å². The molecule has 0 spiro atoms. The molecule has 0 aliphatic rings. The second-order valence-corrected chi connectivity index (χ2v) is 6.53. The Kier molecular flexibility index (Phi) is 5.17. The first-order valence-electron chi connectivity index (χ1n) is 6.46. The van der Waals surface area contributed by atoms with Crippen LogP contribution in [0, 0.1) is 0 Å². The largest absolute Gasteiger partial charge is 0.379 e. The van der Waals surface area contributed by atoms with Crippen molar-refractivity contribution in [2.45, 2.75) is 24.4 Å². The maximum atomic E-state index is 11.3. The number of halogens is 1. The third-order valence-corrected chi connectivity index (χ3v) is 4.25. The van der Waals surface area contributed by atoms with Gasteiger partial charge in [0, 0.05) is 12.2 Å². The Morgan fingerprint density at radius 3 is 2.86 bits per heavy atom. The van der Waals surface area contributed by atoms with Crippen LogP contribution in [0.4, 0.5) is 5.69 Å². The topological polar surface area (TPSA) is 103 Å². The number of benzene rings is 1. The van der Waals surface area contributed by atoms with Gasteiger partial charge in [0.1, 0.15) is 10.6 Å². The summed E-state index contributed by atoms with van der Waals surface area (Å²) >= 11 is 5.92. The Morgan fingerprint density at radius 1 is 1.45 bits per heavy atom. The number of aryl methyl sites for hydroxylation is 1. The molecule has 0 aliphatic carbocycles. The number of aromatic nitrogens is 3. The number of allylic oxidation sites excluding steroid dienone is 1. The van der Waals surface area contributed by atoms with Gasteiger partial charge in [0.2, 0.25) is 10.0 Å². The van der Waals surface area contributed by atoms with Crippen LogP contribution in [-0.2, 0) is 23.1 Å². The van der Waals surface area contributed by atoms with Gasteiger partial charge >= 0.3 is 0 Å². The van der Waals surface area contributed by atoms with Crippen LogP contribution < -0.4 is 10.5 Å². The van der Waals surface area contributed by atoms with Crippen LogP contribution in [0.25, 0.3) is 0 Å². The number of rotatable bonds is 7. The summed E-state index contributed by atoms with van der Waals surface area (Å²) in [6.07, 6.45) is 4.46. The van der Waals surface area contributed by atoms with Crippen LogP contribution in [0.2, 0.25) is 5.02 Å². The summed E-state index contributed by atoms with van der Waals surface area (Å²) < 4.78 is 24.3. The van der Waals surface area contributed by atoms with E-state index in [2.05, 4.69) is 22.2 Å². The summed E-state index contributed by atoms with van der Waals surface area (Å²) in [4.78, 5) is -0.102. The maximum absolute atomic E-state index is 11.3. The van der Waals surface area contributed by atoms with E-state index < -0.39 is 10.0 Å². The van der Waals surface area contributed by atoms with E-state index in [0.717, 1.165) is 18.7 Å². The molecule has 0 atom stereocenters. The molecule has 2 rings (SSSR count). The van der Waals surface area contributed by atoms with Crippen molar-refractivity contribution in [2.75, 3.05) is 5.32 Å². The van der Waals surface area contributed by atoms with Crippen LogP contribution >= 0.6 is 11.6 Å². The van der Waals surface area contributed by atoms with Crippen LogP contribution in [0.1, 0.15) is 12.1 Å². The number of nitrogens with two attached hydrogens (primary N) is 1. The molecule has 0 saturated heterocycles. The molecule has 0 unspecified atom stereocenters. The molecule has 3 N–H and O–H groups in total. The third-order valence-electron chi connectivity index (χ3n) is 2.86. The highest BCUT2D eigenvalue weighted by Gasteiger charge is 2.13. The smallest absolute Gasteiger partial charge is 0.239 e.